The third-order valence-electron chi connectivity index (χ3n) is 3.27. The number of hydrogen-bond acceptors (Lipinski definition) is 4. The number of methoxy groups -OCH3 is 2. The largest absolute Gasteiger partial charge is 0.497 e. The Morgan fingerprint density at radius 3 is 2.57 bits per heavy atom. The molecule has 0 spiro atoms. The normalized spacial score (nSPS) is 10.6. The summed E-state index contributed by atoms with van der Waals surface area (Å²) >= 11 is 0. The van der Waals surface area contributed by atoms with Crippen LogP contribution in [0.25, 0.3) is 6.08 Å². The molecule has 4 heteroatoms. The van der Waals surface area contributed by atoms with Gasteiger partial charge in [0.2, 0.25) is 0 Å². The van der Waals surface area contributed by atoms with Crippen molar-refractivity contribution < 1.29 is 19.0 Å². The number of allylic oxidation sites excluding steroid dienone is 1. The molecule has 2 rings (SSSR count). The van der Waals surface area contributed by atoms with Crippen molar-refractivity contribution in [2.75, 3.05) is 20.8 Å². The molecule has 0 aliphatic rings. The van der Waals surface area contributed by atoms with Crippen LogP contribution in [-0.4, -0.2) is 26.6 Å². The highest BCUT2D eigenvalue weighted by Crippen LogP contribution is 2.25. The number of rotatable bonds is 7. The first-order valence-corrected chi connectivity index (χ1v) is 7.35. The Morgan fingerprint density at radius 2 is 1.87 bits per heavy atom. The van der Waals surface area contributed by atoms with E-state index in [1.54, 1.807) is 31.4 Å². The number of ether oxygens (including phenoxy) is 3. The monoisotopic (exact) mass is 312 g/mol. The highest BCUT2D eigenvalue weighted by atomic mass is 16.5. The molecule has 2 aromatic rings. The summed E-state index contributed by atoms with van der Waals surface area (Å²) in [5, 5.41) is 0. The van der Waals surface area contributed by atoms with Gasteiger partial charge >= 0.3 is 0 Å². The molecule has 0 bridgehead atoms. The van der Waals surface area contributed by atoms with Gasteiger partial charge in [0.1, 0.15) is 17.2 Å². The average molecular weight is 312 g/mol. The van der Waals surface area contributed by atoms with Crippen LogP contribution in [0.4, 0.5) is 0 Å². The predicted molar refractivity (Wildman–Crippen MR) is 90.5 cm³/mol. The van der Waals surface area contributed by atoms with E-state index in [1.807, 2.05) is 31.2 Å². The van der Waals surface area contributed by atoms with Crippen molar-refractivity contribution in [3.63, 3.8) is 0 Å². The number of ketones is 1. The van der Waals surface area contributed by atoms with Crippen LogP contribution in [0.3, 0.4) is 0 Å². The first-order chi connectivity index (χ1) is 11.2. The lowest BCUT2D eigenvalue weighted by Crippen LogP contribution is -1.99. The molecule has 0 aliphatic heterocycles. The van der Waals surface area contributed by atoms with Crippen molar-refractivity contribution in [3.8, 4) is 17.2 Å². The standard InChI is InChI=1S/C19H20O4/c1-4-23-16-7-5-6-14(12-16)8-11-18(20)17-10-9-15(21-2)13-19(17)22-3/h5-13H,4H2,1-3H3/b11-8+. The van der Waals surface area contributed by atoms with E-state index < -0.39 is 0 Å². The fraction of sp³-hybridized carbons (Fsp3) is 0.211. The zero-order chi connectivity index (χ0) is 16.7. The van der Waals surface area contributed by atoms with Gasteiger partial charge < -0.3 is 14.2 Å². The van der Waals surface area contributed by atoms with Gasteiger partial charge in [-0.2, -0.15) is 0 Å². The second-order valence-corrected chi connectivity index (χ2v) is 4.77. The second kappa shape index (κ2) is 8.03. The van der Waals surface area contributed by atoms with E-state index in [9.17, 15) is 4.79 Å². The van der Waals surface area contributed by atoms with Gasteiger partial charge in [-0.3, -0.25) is 4.79 Å². The topological polar surface area (TPSA) is 44.8 Å². The van der Waals surface area contributed by atoms with Crippen LogP contribution in [0.5, 0.6) is 17.2 Å². The van der Waals surface area contributed by atoms with Crippen molar-refractivity contribution in [3.05, 3.63) is 59.7 Å². The lowest BCUT2D eigenvalue weighted by molar-refractivity contribution is 0.104. The van der Waals surface area contributed by atoms with Crippen LogP contribution < -0.4 is 14.2 Å². The zero-order valence-electron chi connectivity index (χ0n) is 13.5. The Kier molecular flexibility index (Phi) is 5.80. The second-order valence-electron chi connectivity index (χ2n) is 4.77. The quantitative estimate of drug-likeness (QED) is 0.572. The van der Waals surface area contributed by atoms with E-state index in [4.69, 9.17) is 14.2 Å². The summed E-state index contributed by atoms with van der Waals surface area (Å²) in [7, 11) is 3.10. The molecule has 0 saturated heterocycles. The molecule has 0 amide bonds. The molecule has 0 aliphatic carbocycles. The lowest BCUT2D eigenvalue weighted by Gasteiger charge is -2.08. The van der Waals surface area contributed by atoms with Crippen molar-refractivity contribution >= 4 is 11.9 Å². The summed E-state index contributed by atoms with van der Waals surface area (Å²) in [5.74, 6) is 1.78. The fourth-order valence-electron chi connectivity index (χ4n) is 2.14. The average Bonchev–Trinajstić information content (AvgIpc) is 2.59. The molecule has 0 radical (unpaired) electrons. The van der Waals surface area contributed by atoms with Crippen LogP contribution in [0.15, 0.2) is 48.5 Å². The van der Waals surface area contributed by atoms with Gasteiger partial charge in [-0.1, -0.05) is 18.2 Å². The van der Waals surface area contributed by atoms with Gasteiger partial charge in [-0.25, -0.2) is 0 Å². The highest BCUT2D eigenvalue weighted by molar-refractivity contribution is 6.08. The lowest BCUT2D eigenvalue weighted by atomic mass is 10.1. The maximum atomic E-state index is 12.4. The van der Waals surface area contributed by atoms with Crippen molar-refractivity contribution in [2.45, 2.75) is 6.92 Å². The van der Waals surface area contributed by atoms with Crippen molar-refractivity contribution in [1.29, 1.82) is 0 Å². The van der Waals surface area contributed by atoms with E-state index in [0.717, 1.165) is 11.3 Å². The van der Waals surface area contributed by atoms with Gasteiger partial charge in [0.15, 0.2) is 5.78 Å². The molecule has 4 nitrogen and oxygen atoms in total. The van der Waals surface area contributed by atoms with Crippen molar-refractivity contribution in [1.82, 2.24) is 0 Å². The first kappa shape index (κ1) is 16.6. The maximum Gasteiger partial charge on any atom is 0.189 e. The Hall–Kier alpha value is -2.75. The van der Waals surface area contributed by atoms with Gasteiger partial charge in [0, 0.05) is 6.07 Å². The molecule has 0 N–H and O–H groups in total. The van der Waals surface area contributed by atoms with Crippen LogP contribution in [-0.2, 0) is 0 Å². The van der Waals surface area contributed by atoms with Crippen LogP contribution in [0.2, 0.25) is 0 Å². The molecular weight excluding hydrogens is 292 g/mol. The SMILES string of the molecule is CCOc1cccc(/C=C/C(=O)c2ccc(OC)cc2OC)c1. The summed E-state index contributed by atoms with van der Waals surface area (Å²) < 4.78 is 15.8. The maximum absolute atomic E-state index is 12.4. The van der Waals surface area contributed by atoms with E-state index in [-0.39, 0.29) is 5.78 Å². The third-order valence-corrected chi connectivity index (χ3v) is 3.27. The molecule has 23 heavy (non-hydrogen) atoms. The van der Waals surface area contributed by atoms with Crippen LogP contribution in [0.1, 0.15) is 22.8 Å². The summed E-state index contributed by atoms with van der Waals surface area (Å²) in [6, 6.07) is 12.7. The molecule has 0 saturated carbocycles. The molecule has 0 aromatic heterocycles. The minimum absolute atomic E-state index is 0.133. The van der Waals surface area contributed by atoms with E-state index in [0.29, 0.717) is 23.7 Å². The summed E-state index contributed by atoms with van der Waals surface area (Å²) in [6.45, 7) is 2.54. The zero-order valence-corrected chi connectivity index (χ0v) is 13.5. The molecule has 120 valence electrons. The molecule has 0 heterocycles. The van der Waals surface area contributed by atoms with Gasteiger partial charge in [0.25, 0.3) is 0 Å². The van der Waals surface area contributed by atoms with Gasteiger partial charge in [-0.15, -0.1) is 0 Å². The predicted octanol–water partition coefficient (Wildman–Crippen LogP) is 4.00. The number of carbonyl (C=O) groups is 1. The smallest absolute Gasteiger partial charge is 0.189 e. The van der Waals surface area contributed by atoms with E-state index >= 15 is 0 Å². The molecule has 0 unspecified atom stereocenters. The summed E-state index contributed by atoms with van der Waals surface area (Å²) in [6.07, 6.45) is 3.28. The Bertz CT molecular complexity index is 704. The summed E-state index contributed by atoms with van der Waals surface area (Å²) in [5.41, 5.74) is 1.39. The van der Waals surface area contributed by atoms with E-state index in [1.165, 1.54) is 13.2 Å². The molecule has 0 fully saturated rings. The number of carbonyl (C=O) groups excluding carboxylic acids is 1. The third kappa shape index (κ3) is 4.36. The Morgan fingerprint density at radius 1 is 1.04 bits per heavy atom. The van der Waals surface area contributed by atoms with E-state index in [2.05, 4.69) is 0 Å². The van der Waals surface area contributed by atoms with Gasteiger partial charge in [0.05, 0.1) is 26.4 Å². The van der Waals surface area contributed by atoms with Crippen LogP contribution in [0, 0.1) is 0 Å². The number of benzene rings is 2. The Balaban J connectivity index is 2.20. The molecule has 2 aromatic carbocycles. The highest BCUT2D eigenvalue weighted by Gasteiger charge is 2.10. The fourth-order valence-corrected chi connectivity index (χ4v) is 2.14. The first-order valence-electron chi connectivity index (χ1n) is 7.35. The molecule has 0 atom stereocenters. The minimum atomic E-state index is -0.133. The Labute approximate surface area is 136 Å². The van der Waals surface area contributed by atoms with Gasteiger partial charge in [-0.05, 0) is 42.8 Å². The molecular formula is C19H20O4. The van der Waals surface area contributed by atoms with Crippen LogP contribution >= 0.6 is 0 Å². The number of hydrogen-bond donors (Lipinski definition) is 0. The summed E-state index contributed by atoms with van der Waals surface area (Å²) in [4.78, 5) is 12.4. The van der Waals surface area contributed by atoms with Crippen molar-refractivity contribution in [2.24, 2.45) is 0 Å². The minimum Gasteiger partial charge on any atom is -0.497 e.